The van der Waals surface area contributed by atoms with E-state index in [1.807, 2.05) is 19.1 Å². The number of anilines is 1. The van der Waals surface area contributed by atoms with Gasteiger partial charge < -0.3 is 15.2 Å². The standard InChI is InChI=1S/C15H22N2O4.ClH/c1-4-21-13-8-6-5-7-12(13)16-15(20)11(2)17(3)10-9-14(18)19;/h5-8,11H,4,9-10H2,1-3H3,(H,16,20)(H,18,19);1H. The maximum Gasteiger partial charge on any atom is 0.304 e. The van der Waals surface area contributed by atoms with E-state index in [9.17, 15) is 9.59 Å². The summed E-state index contributed by atoms with van der Waals surface area (Å²) in [5.41, 5.74) is 0.614. The van der Waals surface area contributed by atoms with Crippen LogP contribution in [-0.4, -0.2) is 48.1 Å². The average molecular weight is 331 g/mol. The summed E-state index contributed by atoms with van der Waals surface area (Å²) in [4.78, 5) is 24.5. The fourth-order valence-corrected chi connectivity index (χ4v) is 1.75. The van der Waals surface area contributed by atoms with Gasteiger partial charge in [-0.1, -0.05) is 12.1 Å². The Kier molecular flexibility index (Phi) is 9.21. The molecule has 0 radical (unpaired) electrons. The highest BCUT2D eigenvalue weighted by Crippen LogP contribution is 2.23. The number of para-hydroxylation sites is 2. The molecule has 7 heteroatoms. The van der Waals surface area contributed by atoms with Crippen LogP contribution in [0, 0.1) is 0 Å². The number of carbonyl (C=O) groups excluding carboxylic acids is 1. The Hall–Kier alpha value is -1.79. The molecule has 0 spiro atoms. The zero-order chi connectivity index (χ0) is 15.8. The van der Waals surface area contributed by atoms with Gasteiger partial charge in [-0.3, -0.25) is 14.5 Å². The number of carboxylic acids is 1. The number of carbonyl (C=O) groups is 2. The summed E-state index contributed by atoms with van der Waals surface area (Å²) in [5.74, 6) is -0.458. The predicted molar refractivity (Wildman–Crippen MR) is 87.8 cm³/mol. The van der Waals surface area contributed by atoms with Crippen LogP contribution in [0.2, 0.25) is 0 Å². The molecule has 1 amide bonds. The average Bonchev–Trinajstić information content (AvgIpc) is 2.46. The highest BCUT2D eigenvalue weighted by Gasteiger charge is 2.19. The van der Waals surface area contributed by atoms with E-state index in [-0.39, 0.29) is 24.7 Å². The van der Waals surface area contributed by atoms with Crippen molar-refractivity contribution in [2.45, 2.75) is 26.3 Å². The third-order valence-electron chi connectivity index (χ3n) is 3.16. The number of ether oxygens (including phenoxy) is 1. The van der Waals surface area contributed by atoms with Crippen LogP contribution in [0.4, 0.5) is 5.69 Å². The lowest BCUT2D eigenvalue weighted by Crippen LogP contribution is -2.40. The number of benzene rings is 1. The SMILES string of the molecule is CCOc1ccccc1NC(=O)C(C)N(C)CCC(=O)O.Cl. The van der Waals surface area contributed by atoms with Crippen LogP contribution in [0.3, 0.4) is 0 Å². The number of carboxylic acid groups (broad SMARTS) is 1. The molecule has 0 heterocycles. The number of amides is 1. The van der Waals surface area contributed by atoms with E-state index in [1.165, 1.54) is 0 Å². The number of halogens is 1. The first-order chi connectivity index (χ1) is 9.95. The quantitative estimate of drug-likeness (QED) is 0.764. The van der Waals surface area contributed by atoms with Crippen molar-refractivity contribution < 1.29 is 19.4 Å². The molecule has 1 atom stereocenters. The van der Waals surface area contributed by atoms with Crippen molar-refractivity contribution >= 4 is 30.0 Å². The number of aliphatic carboxylic acids is 1. The van der Waals surface area contributed by atoms with Gasteiger partial charge >= 0.3 is 5.97 Å². The Morgan fingerprint density at radius 1 is 1.36 bits per heavy atom. The van der Waals surface area contributed by atoms with E-state index in [0.29, 0.717) is 24.6 Å². The number of nitrogens with zero attached hydrogens (tertiary/aromatic N) is 1. The molecular formula is C15H23ClN2O4. The minimum absolute atomic E-state index is 0. The second-order valence-electron chi connectivity index (χ2n) is 4.72. The minimum atomic E-state index is -0.879. The second kappa shape index (κ2) is 10.0. The summed E-state index contributed by atoms with van der Waals surface area (Å²) >= 11 is 0. The van der Waals surface area contributed by atoms with Gasteiger partial charge in [0.2, 0.25) is 5.91 Å². The molecule has 0 aliphatic carbocycles. The Morgan fingerprint density at radius 2 is 2.00 bits per heavy atom. The molecule has 0 aromatic heterocycles. The normalized spacial score (nSPS) is 11.5. The molecule has 0 aliphatic rings. The van der Waals surface area contributed by atoms with Crippen LogP contribution in [0.5, 0.6) is 5.75 Å². The molecule has 124 valence electrons. The lowest BCUT2D eigenvalue weighted by molar-refractivity contribution is -0.137. The first-order valence-corrected chi connectivity index (χ1v) is 6.90. The summed E-state index contributed by atoms with van der Waals surface area (Å²) in [7, 11) is 1.72. The minimum Gasteiger partial charge on any atom is -0.492 e. The van der Waals surface area contributed by atoms with Crippen molar-refractivity contribution in [3.8, 4) is 5.75 Å². The molecule has 1 rings (SSSR count). The lowest BCUT2D eigenvalue weighted by atomic mass is 10.2. The summed E-state index contributed by atoms with van der Waals surface area (Å²) in [6.45, 7) is 4.44. The highest BCUT2D eigenvalue weighted by molar-refractivity contribution is 5.95. The van der Waals surface area contributed by atoms with E-state index in [2.05, 4.69) is 5.32 Å². The highest BCUT2D eigenvalue weighted by atomic mass is 35.5. The van der Waals surface area contributed by atoms with Crippen molar-refractivity contribution in [1.82, 2.24) is 4.90 Å². The smallest absolute Gasteiger partial charge is 0.304 e. The van der Waals surface area contributed by atoms with Crippen molar-refractivity contribution in [2.75, 3.05) is 25.5 Å². The van der Waals surface area contributed by atoms with Crippen LogP contribution < -0.4 is 10.1 Å². The molecule has 0 saturated heterocycles. The van der Waals surface area contributed by atoms with Crippen LogP contribution in [0.1, 0.15) is 20.3 Å². The van der Waals surface area contributed by atoms with E-state index in [0.717, 1.165) is 0 Å². The maximum atomic E-state index is 12.2. The van der Waals surface area contributed by atoms with Gasteiger partial charge in [-0.25, -0.2) is 0 Å². The molecule has 0 fully saturated rings. The third-order valence-corrected chi connectivity index (χ3v) is 3.16. The number of hydrogen-bond donors (Lipinski definition) is 2. The topological polar surface area (TPSA) is 78.9 Å². The monoisotopic (exact) mass is 330 g/mol. The fourth-order valence-electron chi connectivity index (χ4n) is 1.75. The summed E-state index contributed by atoms with van der Waals surface area (Å²) in [5, 5.41) is 11.5. The Morgan fingerprint density at radius 3 is 2.59 bits per heavy atom. The third kappa shape index (κ3) is 6.32. The van der Waals surface area contributed by atoms with Gasteiger partial charge in [0.25, 0.3) is 0 Å². The molecule has 22 heavy (non-hydrogen) atoms. The van der Waals surface area contributed by atoms with Crippen molar-refractivity contribution in [3.63, 3.8) is 0 Å². The summed E-state index contributed by atoms with van der Waals surface area (Å²) < 4.78 is 5.45. The number of nitrogens with one attached hydrogen (secondary N) is 1. The van der Waals surface area contributed by atoms with Crippen molar-refractivity contribution in [2.24, 2.45) is 0 Å². The Balaban J connectivity index is 0.00000441. The molecule has 1 aromatic carbocycles. The first kappa shape index (κ1) is 20.2. The Bertz CT molecular complexity index is 496. The van der Waals surface area contributed by atoms with Crippen LogP contribution >= 0.6 is 12.4 Å². The van der Waals surface area contributed by atoms with E-state index >= 15 is 0 Å². The van der Waals surface area contributed by atoms with Crippen molar-refractivity contribution in [1.29, 1.82) is 0 Å². The van der Waals surface area contributed by atoms with E-state index in [4.69, 9.17) is 9.84 Å². The predicted octanol–water partition coefficient (Wildman–Crippen LogP) is 2.24. The largest absolute Gasteiger partial charge is 0.492 e. The van der Waals surface area contributed by atoms with Crippen LogP contribution in [0.15, 0.2) is 24.3 Å². The molecule has 1 aromatic rings. The van der Waals surface area contributed by atoms with Crippen molar-refractivity contribution in [3.05, 3.63) is 24.3 Å². The number of likely N-dealkylation sites (N-methyl/N-ethyl adjacent to an activating group) is 1. The van der Waals surface area contributed by atoms with Crippen LogP contribution in [-0.2, 0) is 9.59 Å². The number of rotatable bonds is 8. The van der Waals surface area contributed by atoms with Gasteiger partial charge in [0.05, 0.1) is 24.8 Å². The second-order valence-corrected chi connectivity index (χ2v) is 4.72. The van der Waals surface area contributed by atoms with Gasteiger partial charge in [0, 0.05) is 6.54 Å². The molecular weight excluding hydrogens is 308 g/mol. The maximum absolute atomic E-state index is 12.2. The van der Waals surface area contributed by atoms with Crippen LogP contribution in [0.25, 0.3) is 0 Å². The molecule has 2 N–H and O–H groups in total. The molecule has 0 saturated carbocycles. The molecule has 1 unspecified atom stereocenters. The fraction of sp³-hybridized carbons (Fsp3) is 0.467. The zero-order valence-electron chi connectivity index (χ0n) is 13.0. The molecule has 0 aliphatic heterocycles. The van der Waals surface area contributed by atoms with Gasteiger partial charge in [0.15, 0.2) is 0 Å². The summed E-state index contributed by atoms with van der Waals surface area (Å²) in [6.07, 6.45) is 0.00362. The first-order valence-electron chi connectivity index (χ1n) is 6.90. The van der Waals surface area contributed by atoms with Gasteiger partial charge in [-0.15, -0.1) is 12.4 Å². The number of hydrogen-bond acceptors (Lipinski definition) is 4. The lowest BCUT2D eigenvalue weighted by Gasteiger charge is -2.23. The molecule has 0 bridgehead atoms. The summed E-state index contributed by atoms with van der Waals surface area (Å²) in [6, 6.07) is 6.78. The van der Waals surface area contributed by atoms with E-state index < -0.39 is 12.0 Å². The zero-order valence-corrected chi connectivity index (χ0v) is 13.9. The van der Waals surface area contributed by atoms with Gasteiger partial charge in [-0.05, 0) is 33.0 Å². The Labute approximate surface area is 136 Å². The van der Waals surface area contributed by atoms with E-state index in [1.54, 1.807) is 31.0 Å². The van der Waals surface area contributed by atoms with Gasteiger partial charge in [0.1, 0.15) is 5.75 Å². The van der Waals surface area contributed by atoms with Gasteiger partial charge in [-0.2, -0.15) is 0 Å². The molecule has 6 nitrogen and oxygen atoms in total.